The van der Waals surface area contributed by atoms with Crippen LogP contribution in [-0.4, -0.2) is 16.0 Å². The first-order valence-corrected chi connectivity index (χ1v) is 10.0. The molecule has 1 atom stereocenters. The van der Waals surface area contributed by atoms with E-state index in [0.717, 1.165) is 24.8 Å². The number of rotatable bonds is 2. The van der Waals surface area contributed by atoms with E-state index in [2.05, 4.69) is 33.2 Å². The average molecular weight is 433 g/mol. The van der Waals surface area contributed by atoms with Gasteiger partial charge in [-0.25, -0.2) is 0 Å². The summed E-state index contributed by atoms with van der Waals surface area (Å²) in [7, 11) is 0. The number of anilines is 1. The Morgan fingerprint density at radius 1 is 1.38 bits per heavy atom. The molecule has 1 aromatic carbocycles. The van der Waals surface area contributed by atoms with Crippen LogP contribution in [0.25, 0.3) is 10.2 Å². The Hall–Kier alpha value is -2.12. The van der Waals surface area contributed by atoms with Crippen LogP contribution >= 0.6 is 27.3 Å². The molecule has 0 spiro atoms. The second-order valence-corrected chi connectivity index (χ2v) is 8.63. The van der Waals surface area contributed by atoms with Crippen molar-refractivity contribution in [3.8, 4) is 5.75 Å². The van der Waals surface area contributed by atoms with Crippen LogP contribution in [0.4, 0.5) is 5.69 Å². The monoisotopic (exact) mass is 432 g/mol. The summed E-state index contributed by atoms with van der Waals surface area (Å²) >= 11 is 4.87. The third-order valence-corrected chi connectivity index (χ3v) is 6.65. The van der Waals surface area contributed by atoms with E-state index < -0.39 is 11.5 Å². The first-order chi connectivity index (χ1) is 12.5. The zero-order valence-electron chi connectivity index (χ0n) is 14.1. The smallest absolute Gasteiger partial charge is 0.265 e. The van der Waals surface area contributed by atoms with Crippen LogP contribution in [0.2, 0.25) is 0 Å². The van der Waals surface area contributed by atoms with Gasteiger partial charge in [0.15, 0.2) is 0 Å². The molecule has 1 unspecified atom stereocenters. The van der Waals surface area contributed by atoms with Crippen LogP contribution in [0.5, 0.6) is 5.75 Å². The molecule has 1 aliphatic carbocycles. The van der Waals surface area contributed by atoms with Gasteiger partial charge in [0.1, 0.15) is 16.1 Å². The summed E-state index contributed by atoms with van der Waals surface area (Å²) in [6.45, 7) is 2.20. The van der Waals surface area contributed by atoms with E-state index in [-0.39, 0.29) is 11.3 Å². The first kappa shape index (κ1) is 17.3. The van der Waals surface area contributed by atoms with Gasteiger partial charge in [0, 0.05) is 9.35 Å². The van der Waals surface area contributed by atoms with Crippen LogP contribution in [0, 0.1) is 5.92 Å². The number of aromatic amines is 1. The molecule has 0 saturated heterocycles. The van der Waals surface area contributed by atoms with Crippen molar-refractivity contribution < 1.29 is 9.90 Å². The summed E-state index contributed by atoms with van der Waals surface area (Å²) in [6, 6.07) is 7.12. The zero-order valence-corrected chi connectivity index (χ0v) is 16.5. The van der Waals surface area contributed by atoms with E-state index in [1.165, 1.54) is 16.2 Å². The predicted octanol–water partition coefficient (Wildman–Crippen LogP) is 4.43. The van der Waals surface area contributed by atoms with Crippen LogP contribution in [0.3, 0.4) is 0 Å². The van der Waals surface area contributed by atoms with Gasteiger partial charge in [-0.05, 0) is 58.8 Å². The molecular formula is C19H17BrN2O3S. The SMILES string of the molecule is CC1CCc2c(sc3[nH]c(=O)c(C(=O)Nc4ccccc4Br)c(O)c23)C1. The normalized spacial score (nSPS) is 16.5. The lowest BCUT2D eigenvalue weighted by Crippen LogP contribution is -2.23. The number of fused-ring (bicyclic) bond motifs is 3. The molecule has 5 nitrogen and oxygen atoms in total. The highest BCUT2D eigenvalue weighted by Crippen LogP contribution is 2.41. The summed E-state index contributed by atoms with van der Waals surface area (Å²) in [6.07, 6.45) is 2.83. The maximum Gasteiger partial charge on any atom is 0.265 e. The van der Waals surface area contributed by atoms with Crippen molar-refractivity contribution in [2.75, 3.05) is 5.32 Å². The fourth-order valence-corrected chi connectivity index (χ4v) is 5.24. The van der Waals surface area contributed by atoms with Crippen molar-refractivity contribution in [3.05, 3.63) is 55.1 Å². The topological polar surface area (TPSA) is 82.2 Å². The molecule has 0 bridgehead atoms. The third-order valence-electron chi connectivity index (χ3n) is 4.79. The number of hydrogen-bond donors (Lipinski definition) is 3. The van der Waals surface area contributed by atoms with E-state index in [1.54, 1.807) is 18.2 Å². The van der Waals surface area contributed by atoms with Gasteiger partial charge in [-0.1, -0.05) is 19.1 Å². The molecule has 0 fully saturated rings. The fraction of sp³-hybridized carbons (Fsp3) is 0.263. The maximum absolute atomic E-state index is 12.7. The molecule has 2 aromatic heterocycles. The molecule has 2 heterocycles. The number of carbonyl (C=O) groups excluding carboxylic acids is 1. The number of nitrogens with one attached hydrogen (secondary N) is 2. The van der Waals surface area contributed by atoms with Crippen LogP contribution in [-0.2, 0) is 12.8 Å². The summed E-state index contributed by atoms with van der Waals surface area (Å²) in [5, 5.41) is 14.1. The van der Waals surface area contributed by atoms with E-state index in [9.17, 15) is 14.7 Å². The van der Waals surface area contributed by atoms with Gasteiger partial charge in [-0.3, -0.25) is 9.59 Å². The average Bonchev–Trinajstić information content (AvgIpc) is 2.94. The number of carbonyl (C=O) groups is 1. The third kappa shape index (κ3) is 2.85. The minimum absolute atomic E-state index is 0.222. The Morgan fingerprint density at radius 2 is 2.15 bits per heavy atom. The Bertz CT molecular complexity index is 1090. The molecule has 0 aliphatic heterocycles. The molecular weight excluding hydrogens is 416 g/mol. The Balaban J connectivity index is 1.82. The first-order valence-electron chi connectivity index (χ1n) is 8.41. The van der Waals surface area contributed by atoms with Crippen LogP contribution in [0.1, 0.15) is 34.1 Å². The minimum Gasteiger partial charge on any atom is -0.506 e. The second kappa shape index (κ2) is 6.55. The lowest BCUT2D eigenvalue weighted by molar-refractivity contribution is 0.102. The molecule has 26 heavy (non-hydrogen) atoms. The second-order valence-electron chi connectivity index (χ2n) is 6.67. The fourth-order valence-electron chi connectivity index (χ4n) is 3.45. The molecule has 7 heteroatoms. The molecule has 3 aromatic rings. The van der Waals surface area contributed by atoms with Gasteiger partial charge in [0.25, 0.3) is 11.5 Å². The number of hydrogen-bond acceptors (Lipinski definition) is 4. The van der Waals surface area contributed by atoms with Gasteiger partial charge in [0.05, 0.1) is 11.1 Å². The van der Waals surface area contributed by atoms with Gasteiger partial charge < -0.3 is 15.4 Å². The van der Waals surface area contributed by atoms with Crippen LogP contribution in [0.15, 0.2) is 33.5 Å². The standard InChI is InChI=1S/C19H17BrN2O3S/c1-9-6-7-10-13(8-9)26-19-14(10)16(23)15(18(25)22-19)17(24)21-12-5-3-2-4-11(12)20/h2-5,9H,6-8H2,1H3,(H,21,24)(H2,22,23,25). The molecule has 3 N–H and O–H groups in total. The van der Waals surface area contributed by atoms with Crippen LogP contribution < -0.4 is 10.9 Å². The van der Waals surface area contributed by atoms with Gasteiger partial charge >= 0.3 is 0 Å². The van der Waals surface area contributed by atoms with E-state index in [0.29, 0.717) is 26.3 Å². The molecule has 0 radical (unpaired) electrons. The zero-order chi connectivity index (χ0) is 18.4. The lowest BCUT2D eigenvalue weighted by Gasteiger charge is -2.18. The lowest BCUT2D eigenvalue weighted by atomic mass is 9.89. The maximum atomic E-state index is 12.7. The number of aryl methyl sites for hydroxylation is 1. The van der Waals surface area contributed by atoms with Gasteiger partial charge in [-0.15, -0.1) is 11.3 Å². The number of benzene rings is 1. The van der Waals surface area contributed by atoms with Gasteiger partial charge in [0.2, 0.25) is 0 Å². The number of pyridine rings is 1. The van der Waals surface area contributed by atoms with Crippen molar-refractivity contribution in [1.29, 1.82) is 0 Å². The quantitative estimate of drug-likeness (QED) is 0.559. The van der Waals surface area contributed by atoms with E-state index >= 15 is 0 Å². The molecule has 4 rings (SSSR count). The summed E-state index contributed by atoms with van der Waals surface area (Å²) in [5.41, 5.74) is 0.781. The summed E-state index contributed by atoms with van der Waals surface area (Å²) in [5.74, 6) is -0.260. The molecule has 1 amide bonds. The number of aromatic hydroxyl groups is 1. The number of amides is 1. The highest BCUT2D eigenvalue weighted by Gasteiger charge is 2.27. The Labute approximate surface area is 162 Å². The number of aromatic nitrogens is 1. The van der Waals surface area contributed by atoms with E-state index in [4.69, 9.17) is 0 Å². The highest BCUT2D eigenvalue weighted by molar-refractivity contribution is 9.10. The van der Waals surface area contributed by atoms with Gasteiger partial charge in [-0.2, -0.15) is 0 Å². The van der Waals surface area contributed by atoms with Crippen molar-refractivity contribution >= 4 is 49.1 Å². The Kier molecular flexibility index (Phi) is 4.36. The molecule has 0 saturated carbocycles. The van der Waals surface area contributed by atoms with Crippen molar-refractivity contribution in [3.63, 3.8) is 0 Å². The van der Waals surface area contributed by atoms with Crippen molar-refractivity contribution in [2.24, 2.45) is 5.92 Å². The number of thiophene rings is 1. The van der Waals surface area contributed by atoms with Crippen molar-refractivity contribution in [1.82, 2.24) is 4.98 Å². The predicted molar refractivity (Wildman–Crippen MR) is 107 cm³/mol. The largest absolute Gasteiger partial charge is 0.506 e. The Morgan fingerprint density at radius 3 is 2.92 bits per heavy atom. The number of halogens is 1. The molecule has 134 valence electrons. The van der Waals surface area contributed by atoms with E-state index in [1.807, 2.05) is 6.07 Å². The number of para-hydroxylation sites is 1. The summed E-state index contributed by atoms with van der Waals surface area (Å²) < 4.78 is 0.701. The summed E-state index contributed by atoms with van der Waals surface area (Å²) in [4.78, 5) is 29.8. The molecule has 1 aliphatic rings. The highest BCUT2D eigenvalue weighted by atomic mass is 79.9. The minimum atomic E-state index is -0.623. The number of H-pyrrole nitrogens is 1. The van der Waals surface area contributed by atoms with Crippen molar-refractivity contribution in [2.45, 2.75) is 26.2 Å².